The molecule has 1 aromatic rings. The number of nitrogens with one attached hydrogen (secondary N) is 1. The van der Waals surface area contributed by atoms with Gasteiger partial charge < -0.3 is 10.4 Å². The second-order valence-corrected chi connectivity index (χ2v) is 5.78. The number of hydrogen-bond acceptors (Lipinski definition) is 5. The van der Waals surface area contributed by atoms with E-state index < -0.39 is 11.0 Å². The van der Waals surface area contributed by atoms with Gasteiger partial charge in [0.15, 0.2) is 0 Å². The summed E-state index contributed by atoms with van der Waals surface area (Å²) in [7, 11) is 0. The highest BCUT2D eigenvalue weighted by Crippen LogP contribution is 2.34. The molecule has 2 unspecified atom stereocenters. The van der Waals surface area contributed by atoms with Crippen LogP contribution in [0, 0.1) is 10.1 Å². The van der Waals surface area contributed by atoms with Crippen molar-refractivity contribution in [1.29, 1.82) is 0 Å². The van der Waals surface area contributed by atoms with Gasteiger partial charge in [-0.1, -0.05) is 6.92 Å². The number of carbonyl (C=O) groups excluding carboxylic acids is 1. The van der Waals surface area contributed by atoms with Crippen molar-refractivity contribution in [2.75, 3.05) is 6.54 Å². The topological polar surface area (TPSA) is 92.5 Å². The molecule has 0 aliphatic carbocycles. The SMILES string of the molecule is CCNC(=O)c1ccc([N+](=O)[O-])c(SC(C)C(C)O)c1. The van der Waals surface area contributed by atoms with E-state index in [0.29, 0.717) is 17.0 Å². The van der Waals surface area contributed by atoms with Gasteiger partial charge in [-0.15, -0.1) is 11.8 Å². The van der Waals surface area contributed by atoms with Gasteiger partial charge in [0.1, 0.15) is 0 Å². The van der Waals surface area contributed by atoms with Crippen LogP contribution in [0.5, 0.6) is 0 Å². The highest BCUT2D eigenvalue weighted by molar-refractivity contribution is 8.00. The first kappa shape index (κ1) is 16.5. The van der Waals surface area contributed by atoms with Crippen molar-refractivity contribution in [2.24, 2.45) is 0 Å². The Labute approximate surface area is 121 Å². The smallest absolute Gasteiger partial charge is 0.282 e. The van der Waals surface area contributed by atoms with Crippen LogP contribution in [0.3, 0.4) is 0 Å². The van der Waals surface area contributed by atoms with Crippen LogP contribution in [0.1, 0.15) is 31.1 Å². The Morgan fingerprint density at radius 1 is 1.50 bits per heavy atom. The lowest BCUT2D eigenvalue weighted by molar-refractivity contribution is -0.387. The number of nitro groups is 1. The van der Waals surface area contributed by atoms with Crippen LogP contribution in [-0.2, 0) is 0 Å². The van der Waals surface area contributed by atoms with E-state index in [1.54, 1.807) is 20.8 Å². The van der Waals surface area contributed by atoms with Gasteiger partial charge in [-0.05, 0) is 26.0 Å². The Hall–Kier alpha value is -1.60. The van der Waals surface area contributed by atoms with E-state index in [0.717, 1.165) is 0 Å². The van der Waals surface area contributed by atoms with E-state index in [-0.39, 0.29) is 16.8 Å². The molecule has 6 nitrogen and oxygen atoms in total. The molecule has 0 heterocycles. The Morgan fingerprint density at radius 2 is 2.15 bits per heavy atom. The number of benzene rings is 1. The van der Waals surface area contributed by atoms with Crippen molar-refractivity contribution >= 4 is 23.4 Å². The van der Waals surface area contributed by atoms with Crippen LogP contribution in [-0.4, -0.2) is 33.8 Å². The first-order chi connectivity index (χ1) is 9.36. The molecule has 2 atom stereocenters. The third-order valence-corrected chi connectivity index (χ3v) is 4.09. The van der Waals surface area contributed by atoms with Crippen LogP contribution < -0.4 is 5.32 Å². The fraction of sp³-hybridized carbons (Fsp3) is 0.462. The molecule has 2 N–H and O–H groups in total. The average Bonchev–Trinajstić information content (AvgIpc) is 2.38. The molecule has 0 aliphatic heterocycles. The molecule has 1 amide bonds. The number of amides is 1. The molecular weight excluding hydrogens is 280 g/mol. The molecule has 20 heavy (non-hydrogen) atoms. The van der Waals surface area contributed by atoms with E-state index >= 15 is 0 Å². The summed E-state index contributed by atoms with van der Waals surface area (Å²) in [6.07, 6.45) is -0.604. The maximum atomic E-state index is 11.8. The molecule has 0 saturated heterocycles. The number of rotatable bonds is 6. The first-order valence-electron chi connectivity index (χ1n) is 6.28. The molecule has 0 saturated carbocycles. The maximum Gasteiger partial charge on any atom is 0.282 e. The first-order valence-corrected chi connectivity index (χ1v) is 7.16. The zero-order valence-corrected chi connectivity index (χ0v) is 12.4. The third-order valence-electron chi connectivity index (χ3n) is 2.75. The Balaban J connectivity index is 3.12. The van der Waals surface area contributed by atoms with Gasteiger partial charge in [-0.3, -0.25) is 14.9 Å². The van der Waals surface area contributed by atoms with Crippen LogP contribution in [0.25, 0.3) is 0 Å². The zero-order chi connectivity index (χ0) is 15.3. The van der Waals surface area contributed by atoms with Crippen LogP contribution in [0.15, 0.2) is 23.1 Å². The second kappa shape index (κ2) is 7.25. The number of aliphatic hydroxyl groups is 1. The fourth-order valence-electron chi connectivity index (χ4n) is 1.46. The van der Waals surface area contributed by atoms with E-state index in [2.05, 4.69) is 5.32 Å². The van der Waals surface area contributed by atoms with Crippen molar-refractivity contribution in [2.45, 2.75) is 37.0 Å². The molecule has 0 spiro atoms. The van der Waals surface area contributed by atoms with Gasteiger partial charge in [0.2, 0.25) is 0 Å². The molecule has 0 radical (unpaired) electrons. The molecule has 0 fully saturated rings. The Morgan fingerprint density at radius 3 is 2.65 bits per heavy atom. The third kappa shape index (κ3) is 4.21. The standard InChI is InChI=1S/C13H18N2O4S/c1-4-14-13(17)10-5-6-11(15(18)19)12(7-10)20-9(3)8(2)16/h5-9,16H,4H2,1-3H3,(H,14,17). The number of thioether (sulfide) groups is 1. The summed E-state index contributed by atoms with van der Waals surface area (Å²) < 4.78 is 0. The summed E-state index contributed by atoms with van der Waals surface area (Å²) in [5, 5.41) is 22.9. The second-order valence-electron chi connectivity index (χ2n) is 4.36. The fourth-order valence-corrected chi connectivity index (χ4v) is 2.52. The van der Waals surface area contributed by atoms with E-state index in [1.807, 2.05) is 0 Å². The monoisotopic (exact) mass is 298 g/mol. The van der Waals surface area contributed by atoms with Crippen molar-refractivity contribution in [3.63, 3.8) is 0 Å². The predicted octanol–water partition coefficient (Wildman–Crippen LogP) is 2.21. The Bertz CT molecular complexity index is 505. The van der Waals surface area contributed by atoms with Crippen molar-refractivity contribution in [1.82, 2.24) is 5.32 Å². The highest BCUT2D eigenvalue weighted by atomic mass is 32.2. The van der Waals surface area contributed by atoms with Crippen molar-refractivity contribution in [3.8, 4) is 0 Å². The van der Waals surface area contributed by atoms with Crippen molar-refractivity contribution in [3.05, 3.63) is 33.9 Å². The van der Waals surface area contributed by atoms with Crippen molar-refractivity contribution < 1.29 is 14.8 Å². The molecule has 1 aromatic carbocycles. The van der Waals surface area contributed by atoms with Gasteiger partial charge in [0, 0.05) is 23.4 Å². The summed E-state index contributed by atoms with van der Waals surface area (Å²) in [4.78, 5) is 22.7. The summed E-state index contributed by atoms with van der Waals surface area (Å²) in [5.41, 5.74) is 0.313. The minimum atomic E-state index is -0.604. The number of hydrogen-bond donors (Lipinski definition) is 2. The van der Waals surface area contributed by atoms with Crippen LogP contribution in [0.4, 0.5) is 5.69 Å². The molecule has 0 aromatic heterocycles. The van der Waals surface area contributed by atoms with E-state index in [4.69, 9.17) is 0 Å². The molecule has 1 rings (SSSR count). The maximum absolute atomic E-state index is 11.8. The number of carbonyl (C=O) groups is 1. The predicted molar refractivity (Wildman–Crippen MR) is 78.1 cm³/mol. The van der Waals surface area contributed by atoms with Gasteiger partial charge in [-0.25, -0.2) is 0 Å². The lowest BCUT2D eigenvalue weighted by Gasteiger charge is -2.14. The summed E-state index contributed by atoms with van der Waals surface area (Å²) >= 11 is 1.18. The molecule has 110 valence electrons. The number of nitro benzene ring substituents is 1. The van der Waals surface area contributed by atoms with Crippen LogP contribution in [0.2, 0.25) is 0 Å². The summed E-state index contributed by atoms with van der Waals surface area (Å²) in [6, 6.07) is 4.24. The number of nitrogens with zero attached hydrogens (tertiary/aromatic N) is 1. The summed E-state index contributed by atoms with van der Waals surface area (Å²) in [6.45, 7) is 5.69. The lowest BCUT2D eigenvalue weighted by Crippen LogP contribution is -2.22. The molecule has 0 bridgehead atoms. The average molecular weight is 298 g/mol. The quantitative estimate of drug-likeness (QED) is 0.477. The molecule has 0 aliphatic rings. The summed E-state index contributed by atoms with van der Waals surface area (Å²) in [5.74, 6) is -0.269. The minimum Gasteiger partial charge on any atom is -0.392 e. The number of aliphatic hydroxyl groups excluding tert-OH is 1. The zero-order valence-electron chi connectivity index (χ0n) is 11.6. The van der Waals surface area contributed by atoms with Gasteiger partial charge in [-0.2, -0.15) is 0 Å². The normalized spacial score (nSPS) is 13.6. The highest BCUT2D eigenvalue weighted by Gasteiger charge is 2.20. The largest absolute Gasteiger partial charge is 0.392 e. The van der Waals surface area contributed by atoms with E-state index in [1.165, 1.54) is 30.0 Å². The van der Waals surface area contributed by atoms with Gasteiger partial charge >= 0.3 is 0 Å². The molecular formula is C13H18N2O4S. The molecule has 7 heteroatoms. The minimum absolute atomic E-state index is 0.0597. The van der Waals surface area contributed by atoms with E-state index in [9.17, 15) is 20.0 Å². The van der Waals surface area contributed by atoms with Gasteiger partial charge in [0.05, 0.1) is 15.9 Å². The van der Waals surface area contributed by atoms with Gasteiger partial charge in [0.25, 0.3) is 11.6 Å². The lowest BCUT2D eigenvalue weighted by atomic mass is 10.2. The van der Waals surface area contributed by atoms with Crippen LogP contribution >= 0.6 is 11.8 Å². The Kier molecular flexibility index (Phi) is 5.97.